The van der Waals surface area contributed by atoms with Gasteiger partial charge in [-0.3, -0.25) is 0 Å². The van der Waals surface area contributed by atoms with Crippen molar-refractivity contribution in [2.75, 3.05) is 6.61 Å². The lowest BCUT2D eigenvalue weighted by Gasteiger charge is -2.24. The van der Waals surface area contributed by atoms with E-state index in [9.17, 15) is 0 Å². The van der Waals surface area contributed by atoms with E-state index in [0.717, 1.165) is 18.4 Å². The van der Waals surface area contributed by atoms with Crippen molar-refractivity contribution in [3.8, 4) is 0 Å². The molecule has 0 radical (unpaired) electrons. The standard InChI is InChI=1S/C13H22O/c1-3-10(4-2)13-12-8-6-5-7-11(12)9-14-13/h8,10-11,13H,3-7,9H2,1-2H3. The molecule has 0 spiro atoms. The van der Waals surface area contributed by atoms with E-state index in [2.05, 4.69) is 19.9 Å². The van der Waals surface area contributed by atoms with E-state index in [0.29, 0.717) is 6.10 Å². The van der Waals surface area contributed by atoms with E-state index < -0.39 is 0 Å². The van der Waals surface area contributed by atoms with Gasteiger partial charge in [-0.15, -0.1) is 0 Å². The monoisotopic (exact) mass is 194 g/mol. The lowest BCUT2D eigenvalue weighted by Crippen LogP contribution is -2.21. The summed E-state index contributed by atoms with van der Waals surface area (Å²) in [4.78, 5) is 0. The minimum absolute atomic E-state index is 0.468. The first-order valence-corrected chi connectivity index (χ1v) is 6.18. The molecule has 1 aliphatic carbocycles. The number of ether oxygens (including phenoxy) is 1. The Morgan fingerprint density at radius 3 is 2.93 bits per heavy atom. The largest absolute Gasteiger partial charge is 0.373 e. The minimum atomic E-state index is 0.468. The SMILES string of the molecule is CCC(CC)C1OCC2CCCC=C21. The third-order valence-corrected chi connectivity index (χ3v) is 3.89. The van der Waals surface area contributed by atoms with Crippen LogP contribution in [0.25, 0.3) is 0 Å². The summed E-state index contributed by atoms with van der Waals surface area (Å²) in [6, 6.07) is 0. The molecule has 1 saturated heterocycles. The van der Waals surface area contributed by atoms with E-state index >= 15 is 0 Å². The molecule has 0 N–H and O–H groups in total. The van der Waals surface area contributed by atoms with Crippen LogP contribution in [0.5, 0.6) is 0 Å². The quantitative estimate of drug-likeness (QED) is 0.624. The van der Waals surface area contributed by atoms with Crippen LogP contribution in [0, 0.1) is 11.8 Å². The molecule has 0 amide bonds. The second kappa shape index (κ2) is 4.48. The Labute approximate surface area is 87.5 Å². The topological polar surface area (TPSA) is 9.23 Å². The van der Waals surface area contributed by atoms with E-state index in [4.69, 9.17) is 4.74 Å². The van der Waals surface area contributed by atoms with E-state index in [-0.39, 0.29) is 0 Å². The van der Waals surface area contributed by atoms with Gasteiger partial charge >= 0.3 is 0 Å². The summed E-state index contributed by atoms with van der Waals surface area (Å²) in [7, 11) is 0. The molecule has 2 unspecified atom stereocenters. The molecule has 80 valence electrons. The van der Waals surface area contributed by atoms with Crippen LogP contribution in [0.15, 0.2) is 11.6 Å². The molecule has 2 atom stereocenters. The average molecular weight is 194 g/mol. The fourth-order valence-electron chi connectivity index (χ4n) is 2.94. The smallest absolute Gasteiger partial charge is 0.0816 e. The third kappa shape index (κ3) is 1.75. The Balaban J connectivity index is 2.09. The molecular formula is C13H22O. The first-order valence-electron chi connectivity index (χ1n) is 6.18. The predicted molar refractivity (Wildman–Crippen MR) is 59.2 cm³/mol. The van der Waals surface area contributed by atoms with Gasteiger partial charge in [0.1, 0.15) is 0 Å². The minimum Gasteiger partial charge on any atom is -0.373 e. The lowest BCUT2D eigenvalue weighted by atomic mass is 9.82. The van der Waals surface area contributed by atoms with Gasteiger partial charge in [0.2, 0.25) is 0 Å². The van der Waals surface area contributed by atoms with Gasteiger partial charge in [-0.05, 0) is 30.8 Å². The van der Waals surface area contributed by atoms with Crippen LogP contribution in [0.2, 0.25) is 0 Å². The van der Waals surface area contributed by atoms with Gasteiger partial charge in [-0.1, -0.05) is 32.8 Å². The zero-order chi connectivity index (χ0) is 9.97. The Morgan fingerprint density at radius 1 is 1.43 bits per heavy atom. The highest BCUT2D eigenvalue weighted by atomic mass is 16.5. The first-order chi connectivity index (χ1) is 6.86. The number of allylic oxidation sites excluding steroid dienone is 1. The molecule has 1 aliphatic heterocycles. The molecule has 1 heterocycles. The summed E-state index contributed by atoms with van der Waals surface area (Å²) in [5.41, 5.74) is 1.64. The molecule has 1 nitrogen and oxygen atoms in total. The van der Waals surface area contributed by atoms with Crippen LogP contribution in [0.3, 0.4) is 0 Å². The number of fused-ring (bicyclic) bond motifs is 1. The molecule has 0 bridgehead atoms. The van der Waals surface area contributed by atoms with Crippen molar-refractivity contribution in [3.05, 3.63) is 11.6 Å². The van der Waals surface area contributed by atoms with Crippen molar-refractivity contribution in [1.82, 2.24) is 0 Å². The van der Waals surface area contributed by atoms with Gasteiger partial charge in [0.05, 0.1) is 12.7 Å². The first kappa shape index (κ1) is 10.2. The summed E-state index contributed by atoms with van der Waals surface area (Å²) in [6.45, 7) is 5.56. The van der Waals surface area contributed by atoms with Crippen molar-refractivity contribution >= 4 is 0 Å². The van der Waals surface area contributed by atoms with Crippen LogP contribution in [0.1, 0.15) is 46.0 Å². The van der Waals surface area contributed by atoms with Gasteiger partial charge < -0.3 is 4.74 Å². The van der Waals surface area contributed by atoms with Crippen LogP contribution in [-0.2, 0) is 4.74 Å². The Kier molecular flexibility index (Phi) is 3.27. The molecule has 0 aromatic carbocycles. The molecule has 0 aromatic rings. The predicted octanol–water partition coefficient (Wildman–Crippen LogP) is 3.55. The van der Waals surface area contributed by atoms with E-state index in [1.54, 1.807) is 5.57 Å². The summed E-state index contributed by atoms with van der Waals surface area (Å²) < 4.78 is 5.98. The maximum Gasteiger partial charge on any atom is 0.0816 e. The lowest BCUT2D eigenvalue weighted by molar-refractivity contribution is 0.0698. The van der Waals surface area contributed by atoms with E-state index in [1.807, 2.05) is 0 Å². The van der Waals surface area contributed by atoms with Gasteiger partial charge in [-0.2, -0.15) is 0 Å². The van der Waals surface area contributed by atoms with Crippen molar-refractivity contribution in [3.63, 3.8) is 0 Å². The summed E-state index contributed by atoms with van der Waals surface area (Å²) in [6.07, 6.45) is 9.46. The number of hydrogen-bond donors (Lipinski definition) is 0. The number of hydrogen-bond acceptors (Lipinski definition) is 1. The molecular weight excluding hydrogens is 172 g/mol. The second-order valence-electron chi connectivity index (χ2n) is 4.66. The third-order valence-electron chi connectivity index (χ3n) is 3.89. The molecule has 14 heavy (non-hydrogen) atoms. The summed E-state index contributed by atoms with van der Waals surface area (Å²) in [5, 5.41) is 0. The normalized spacial score (nSPS) is 31.8. The van der Waals surface area contributed by atoms with Crippen molar-refractivity contribution in [2.45, 2.75) is 52.1 Å². The summed E-state index contributed by atoms with van der Waals surface area (Å²) in [5.74, 6) is 1.53. The zero-order valence-electron chi connectivity index (χ0n) is 9.46. The molecule has 2 rings (SSSR count). The van der Waals surface area contributed by atoms with Gasteiger partial charge in [0, 0.05) is 5.92 Å². The molecule has 1 fully saturated rings. The highest BCUT2D eigenvalue weighted by Crippen LogP contribution is 2.39. The molecule has 0 aromatic heterocycles. The van der Waals surface area contributed by atoms with Gasteiger partial charge in [-0.25, -0.2) is 0 Å². The number of rotatable bonds is 3. The fourth-order valence-corrected chi connectivity index (χ4v) is 2.94. The molecule has 0 saturated carbocycles. The fraction of sp³-hybridized carbons (Fsp3) is 0.846. The Morgan fingerprint density at radius 2 is 2.21 bits per heavy atom. The molecule has 2 aliphatic rings. The average Bonchev–Trinajstić information content (AvgIpc) is 2.65. The van der Waals surface area contributed by atoms with Gasteiger partial charge in [0.15, 0.2) is 0 Å². The molecule has 1 heteroatoms. The zero-order valence-corrected chi connectivity index (χ0v) is 9.46. The van der Waals surface area contributed by atoms with Crippen molar-refractivity contribution in [2.24, 2.45) is 11.8 Å². The summed E-state index contributed by atoms with van der Waals surface area (Å²) >= 11 is 0. The Hall–Kier alpha value is -0.300. The van der Waals surface area contributed by atoms with Crippen LogP contribution < -0.4 is 0 Å². The van der Waals surface area contributed by atoms with Crippen molar-refractivity contribution in [1.29, 1.82) is 0 Å². The van der Waals surface area contributed by atoms with Crippen LogP contribution in [0.4, 0.5) is 0 Å². The maximum absolute atomic E-state index is 5.98. The van der Waals surface area contributed by atoms with E-state index in [1.165, 1.54) is 32.1 Å². The van der Waals surface area contributed by atoms with Crippen molar-refractivity contribution < 1.29 is 4.74 Å². The van der Waals surface area contributed by atoms with Gasteiger partial charge in [0.25, 0.3) is 0 Å². The highest BCUT2D eigenvalue weighted by Gasteiger charge is 2.35. The second-order valence-corrected chi connectivity index (χ2v) is 4.66. The van der Waals surface area contributed by atoms with Crippen LogP contribution >= 0.6 is 0 Å². The Bertz CT molecular complexity index is 215. The van der Waals surface area contributed by atoms with Crippen LogP contribution in [-0.4, -0.2) is 12.7 Å². The maximum atomic E-state index is 5.98. The highest BCUT2D eigenvalue weighted by molar-refractivity contribution is 5.19.